The molecule has 0 radical (unpaired) electrons. The molecule has 218 valence electrons. The van der Waals surface area contributed by atoms with Crippen molar-refractivity contribution < 1.29 is 33.6 Å². The van der Waals surface area contributed by atoms with Gasteiger partial charge in [0, 0.05) is 31.6 Å². The SMILES string of the molecule is CCCCNC(=O)[C@]1(CCC(=O)OC(C)(C)C)N=C(c2ccc(OCCCO)cc2)O[C@@H]1c1cccc(OC)c1. The molecule has 2 aromatic carbocycles. The summed E-state index contributed by atoms with van der Waals surface area (Å²) in [7, 11) is 1.58. The quantitative estimate of drug-likeness (QED) is 0.256. The molecule has 40 heavy (non-hydrogen) atoms. The molecule has 0 aliphatic carbocycles. The van der Waals surface area contributed by atoms with E-state index in [0.29, 0.717) is 48.1 Å². The molecule has 2 N–H and O–H groups in total. The fourth-order valence-electron chi connectivity index (χ4n) is 4.39. The standard InChI is InChI=1S/C31H42N2O7/c1-6-7-18-32-29(36)31(17-16-26(35)40-30(2,3)4)27(23-10-8-11-25(21-23)37-5)39-28(33-31)22-12-14-24(15-13-22)38-20-9-19-34/h8,10-15,21,27,34H,6-7,9,16-20H2,1-5H3,(H,32,36)/t27-,31-/m1/s1. The lowest BCUT2D eigenvalue weighted by atomic mass is 9.83. The summed E-state index contributed by atoms with van der Waals surface area (Å²) in [5, 5.41) is 12.0. The van der Waals surface area contributed by atoms with Crippen LogP contribution in [0.2, 0.25) is 0 Å². The van der Waals surface area contributed by atoms with Crippen molar-refractivity contribution in [2.24, 2.45) is 4.99 Å². The summed E-state index contributed by atoms with van der Waals surface area (Å²) >= 11 is 0. The van der Waals surface area contributed by atoms with Gasteiger partial charge in [-0.2, -0.15) is 0 Å². The van der Waals surface area contributed by atoms with Crippen molar-refractivity contribution in [1.82, 2.24) is 5.32 Å². The Bertz CT molecular complexity index is 1160. The van der Waals surface area contributed by atoms with Gasteiger partial charge < -0.3 is 29.4 Å². The number of ether oxygens (including phenoxy) is 4. The molecule has 0 fully saturated rings. The van der Waals surface area contributed by atoms with E-state index in [1.54, 1.807) is 19.2 Å². The Balaban J connectivity index is 2.02. The highest BCUT2D eigenvalue weighted by Crippen LogP contribution is 2.44. The van der Waals surface area contributed by atoms with Crippen LogP contribution < -0.4 is 14.8 Å². The first-order valence-corrected chi connectivity index (χ1v) is 13.9. The molecule has 9 heteroatoms. The van der Waals surface area contributed by atoms with Crippen molar-refractivity contribution in [3.63, 3.8) is 0 Å². The maximum Gasteiger partial charge on any atom is 0.306 e. The van der Waals surface area contributed by atoms with Crippen LogP contribution in [0.3, 0.4) is 0 Å². The van der Waals surface area contributed by atoms with Crippen molar-refractivity contribution in [2.75, 3.05) is 26.9 Å². The zero-order valence-corrected chi connectivity index (χ0v) is 24.2. The molecule has 0 unspecified atom stereocenters. The number of nitrogens with zero attached hydrogens (tertiary/aromatic N) is 1. The minimum absolute atomic E-state index is 0.0172. The van der Waals surface area contributed by atoms with Gasteiger partial charge in [0.2, 0.25) is 5.90 Å². The number of aliphatic imine (C=N–C) groups is 1. The van der Waals surface area contributed by atoms with E-state index < -0.39 is 23.2 Å². The number of methoxy groups -OCH3 is 1. The highest BCUT2D eigenvalue weighted by molar-refractivity contribution is 6.01. The molecule has 3 rings (SSSR count). The van der Waals surface area contributed by atoms with Gasteiger partial charge in [0.25, 0.3) is 5.91 Å². The largest absolute Gasteiger partial charge is 0.497 e. The van der Waals surface area contributed by atoms with Crippen molar-refractivity contribution in [1.29, 1.82) is 0 Å². The molecule has 2 atom stereocenters. The topological polar surface area (TPSA) is 116 Å². The van der Waals surface area contributed by atoms with Gasteiger partial charge in [-0.1, -0.05) is 25.5 Å². The number of carbonyl (C=O) groups excluding carboxylic acids is 2. The summed E-state index contributed by atoms with van der Waals surface area (Å²) in [4.78, 5) is 31.6. The Kier molecular flexibility index (Phi) is 11.0. The average molecular weight is 555 g/mol. The van der Waals surface area contributed by atoms with E-state index in [2.05, 4.69) is 12.2 Å². The third-order valence-corrected chi connectivity index (χ3v) is 6.37. The molecule has 0 saturated carbocycles. The summed E-state index contributed by atoms with van der Waals surface area (Å²) in [5.41, 5.74) is -0.691. The first-order valence-electron chi connectivity index (χ1n) is 13.9. The summed E-state index contributed by atoms with van der Waals surface area (Å²) in [6.07, 6.45) is 1.54. The number of rotatable bonds is 14. The Hall–Kier alpha value is -3.59. The molecule has 0 bridgehead atoms. The number of esters is 1. The van der Waals surface area contributed by atoms with E-state index in [1.807, 2.05) is 57.2 Å². The Morgan fingerprint density at radius 2 is 1.85 bits per heavy atom. The normalized spacial score (nSPS) is 18.4. The summed E-state index contributed by atoms with van der Waals surface area (Å²) in [5.74, 6) is 0.839. The van der Waals surface area contributed by atoms with Gasteiger partial charge in [-0.15, -0.1) is 0 Å². The molecule has 2 aromatic rings. The second-order valence-corrected chi connectivity index (χ2v) is 10.8. The maximum atomic E-state index is 13.9. The van der Waals surface area contributed by atoms with Crippen LogP contribution in [0.4, 0.5) is 0 Å². The van der Waals surface area contributed by atoms with Crippen LogP contribution in [-0.4, -0.2) is 60.9 Å². The van der Waals surface area contributed by atoms with E-state index in [9.17, 15) is 9.59 Å². The van der Waals surface area contributed by atoms with Crippen LogP contribution in [0.5, 0.6) is 11.5 Å². The smallest absolute Gasteiger partial charge is 0.306 e. The molecule has 0 aromatic heterocycles. The lowest BCUT2D eigenvalue weighted by Crippen LogP contribution is -2.49. The Morgan fingerprint density at radius 3 is 2.50 bits per heavy atom. The van der Waals surface area contributed by atoms with Crippen molar-refractivity contribution in [3.05, 3.63) is 59.7 Å². The first-order chi connectivity index (χ1) is 19.1. The van der Waals surface area contributed by atoms with Crippen molar-refractivity contribution >= 4 is 17.8 Å². The van der Waals surface area contributed by atoms with E-state index in [4.69, 9.17) is 29.0 Å². The molecule has 0 saturated heterocycles. The van der Waals surface area contributed by atoms with Crippen LogP contribution in [-0.2, 0) is 19.1 Å². The average Bonchev–Trinajstić information content (AvgIpc) is 3.33. The molecule has 1 amide bonds. The maximum absolute atomic E-state index is 13.9. The molecule has 1 heterocycles. The van der Waals surface area contributed by atoms with E-state index >= 15 is 0 Å². The number of benzene rings is 2. The van der Waals surface area contributed by atoms with Crippen LogP contribution in [0, 0.1) is 0 Å². The third kappa shape index (κ3) is 8.21. The first kappa shape index (κ1) is 30.9. The monoisotopic (exact) mass is 554 g/mol. The third-order valence-electron chi connectivity index (χ3n) is 6.37. The molecule has 1 aliphatic heterocycles. The van der Waals surface area contributed by atoms with Gasteiger partial charge in [0.1, 0.15) is 17.1 Å². The predicted octanol–water partition coefficient (Wildman–Crippen LogP) is 4.75. The second-order valence-electron chi connectivity index (χ2n) is 10.8. The number of hydrogen-bond acceptors (Lipinski definition) is 8. The number of nitrogens with one attached hydrogen (secondary N) is 1. The lowest BCUT2D eigenvalue weighted by molar-refractivity contribution is -0.155. The van der Waals surface area contributed by atoms with Gasteiger partial charge in [-0.3, -0.25) is 9.59 Å². The molecular weight excluding hydrogens is 512 g/mol. The second kappa shape index (κ2) is 14.2. The highest BCUT2D eigenvalue weighted by Gasteiger charge is 2.53. The minimum atomic E-state index is -1.41. The predicted molar refractivity (Wildman–Crippen MR) is 153 cm³/mol. The zero-order valence-electron chi connectivity index (χ0n) is 24.2. The summed E-state index contributed by atoms with van der Waals surface area (Å²) in [6, 6.07) is 14.6. The summed E-state index contributed by atoms with van der Waals surface area (Å²) in [6.45, 7) is 8.42. The molecule has 9 nitrogen and oxygen atoms in total. The van der Waals surface area contributed by atoms with Crippen LogP contribution in [0.25, 0.3) is 0 Å². The highest BCUT2D eigenvalue weighted by atomic mass is 16.6. The van der Waals surface area contributed by atoms with Crippen LogP contribution in [0.1, 0.15) is 77.0 Å². The Labute approximate surface area is 236 Å². The zero-order chi connectivity index (χ0) is 29.2. The molecule has 0 spiro atoms. The van der Waals surface area contributed by atoms with Gasteiger partial charge >= 0.3 is 5.97 Å². The van der Waals surface area contributed by atoms with Crippen LogP contribution >= 0.6 is 0 Å². The fourth-order valence-corrected chi connectivity index (χ4v) is 4.39. The van der Waals surface area contributed by atoms with Crippen LogP contribution in [0.15, 0.2) is 53.5 Å². The minimum Gasteiger partial charge on any atom is -0.497 e. The number of unbranched alkanes of at least 4 members (excludes halogenated alkanes) is 1. The number of hydrogen-bond donors (Lipinski definition) is 2. The van der Waals surface area contributed by atoms with E-state index in [-0.39, 0.29) is 25.4 Å². The van der Waals surface area contributed by atoms with Gasteiger partial charge in [-0.25, -0.2) is 4.99 Å². The van der Waals surface area contributed by atoms with E-state index in [0.717, 1.165) is 12.8 Å². The van der Waals surface area contributed by atoms with Gasteiger partial charge in [-0.05, 0) is 75.6 Å². The van der Waals surface area contributed by atoms with Gasteiger partial charge in [0.15, 0.2) is 11.6 Å². The van der Waals surface area contributed by atoms with Crippen molar-refractivity contribution in [3.8, 4) is 11.5 Å². The number of aliphatic hydroxyl groups is 1. The lowest BCUT2D eigenvalue weighted by Gasteiger charge is -2.31. The number of carbonyl (C=O) groups is 2. The van der Waals surface area contributed by atoms with E-state index in [1.165, 1.54) is 0 Å². The fraction of sp³-hybridized carbons (Fsp3) is 0.516. The number of amides is 1. The van der Waals surface area contributed by atoms with Gasteiger partial charge in [0.05, 0.1) is 13.7 Å². The summed E-state index contributed by atoms with van der Waals surface area (Å²) < 4.78 is 23.1. The molecular formula is C31H42N2O7. The van der Waals surface area contributed by atoms with Crippen molar-refractivity contribution in [2.45, 2.75) is 77.0 Å². The Morgan fingerprint density at radius 1 is 1.10 bits per heavy atom. The molecule has 1 aliphatic rings. The number of aliphatic hydroxyl groups excluding tert-OH is 1.